The van der Waals surface area contributed by atoms with Crippen LogP contribution in [-0.2, 0) is 11.3 Å². The Balaban J connectivity index is 1.55. The molecule has 1 aromatic heterocycles. The first-order valence-corrected chi connectivity index (χ1v) is 10.1. The van der Waals surface area contributed by atoms with Crippen molar-refractivity contribution in [1.82, 2.24) is 14.9 Å². The van der Waals surface area contributed by atoms with Crippen molar-refractivity contribution in [2.45, 2.75) is 39.8 Å². The lowest BCUT2D eigenvalue weighted by atomic mass is 9.95. The summed E-state index contributed by atoms with van der Waals surface area (Å²) in [6.45, 7) is 7.67. The van der Waals surface area contributed by atoms with Gasteiger partial charge in [0.25, 0.3) is 0 Å². The standard InChI is InChI=1S/C23H27N3O3/c1-15(2)23(17-9-10-20-21(13-17)29-12-6-11-28-20)25-22(27)14-26-16(3)24-18-7-4-5-8-19(18)26/h4-5,7-10,13,15,23H,6,11-12,14H2,1-3H3,(H,25,27)/t23-/m0/s1. The predicted octanol–water partition coefficient (Wildman–Crippen LogP) is 4.02. The van der Waals surface area contributed by atoms with Crippen molar-refractivity contribution in [1.29, 1.82) is 0 Å². The normalized spacial score (nSPS) is 14.6. The van der Waals surface area contributed by atoms with Crippen molar-refractivity contribution in [2.24, 2.45) is 5.92 Å². The largest absolute Gasteiger partial charge is 0.490 e. The predicted molar refractivity (Wildman–Crippen MR) is 112 cm³/mol. The van der Waals surface area contributed by atoms with Crippen LogP contribution in [0.4, 0.5) is 0 Å². The number of carbonyl (C=O) groups excluding carboxylic acids is 1. The van der Waals surface area contributed by atoms with Crippen molar-refractivity contribution < 1.29 is 14.3 Å². The molecule has 0 saturated heterocycles. The number of para-hydroxylation sites is 2. The molecule has 1 N–H and O–H groups in total. The maximum atomic E-state index is 12.9. The number of rotatable bonds is 5. The summed E-state index contributed by atoms with van der Waals surface area (Å²) in [5, 5.41) is 3.20. The van der Waals surface area contributed by atoms with Crippen LogP contribution in [0, 0.1) is 12.8 Å². The highest BCUT2D eigenvalue weighted by Gasteiger charge is 2.22. The second kappa shape index (κ2) is 8.15. The molecule has 0 saturated carbocycles. The average Bonchev–Trinajstić information content (AvgIpc) is 2.87. The van der Waals surface area contributed by atoms with E-state index in [1.807, 2.05) is 54.0 Å². The SMILES string of the molecule is Cc1nc2ccccc2n1CC(=O)N[C@H](c1ccc2c(c1)OCCCO2)C(C)C. The molecule has 0 unspecified atom stereocenters. The summed E-state index contributed by atoms with van der Waals surface area (Å²) in [5.41, 5.74) is 2.89. The fourth-order valence-corrected chi connectivity index (χ4v) is 3.77. The van der Waals surface area contributed by atoms with Crippen molar-refractivity contribution >= 4 is 16.9 Å². The Morgan fingerprint density at radius 1 is 1.14 bits per heavy atom. The molecule has 0 bridgehead atoms. The monoisotopic (exact) mass is 393 g/mol. The summed E-state index contributed by atoms with van der Waals surface area (Å²) in [5.74, 6) is 2.53. The number of amides is 1. The van der Waals surface area contributed by atoms with Gasteiger partial charge < -0.3 is 19.4 Å². The molecule has 2 heterocycles. The fraction of sp³-hybridized carbons (Fsp3) is 0.391. The average molecular weight is 393 g/mol. The number of imidazole rings is 1. The number of nitrogens with one attached hydrogen (secondary N) is 1. The Labute approximate surface area is 170 Å². The number of nitrogens with zero attached hydrogens (tertiary/aromatic N) is 2. The van der Waals surface area contributed by atoms with Gasteiger partial charge in [0, 0.05) is 6.42 Å². The Bertz CT molecular complexity index is 1030. The van der Waals surface area contributed by atoms with Gasteiger partial charge >= 0.3 is 0 Å². The van der Waals surface area contributed by atoms with Gasteiger partial charge in [0.05, 0.1) is 30.3 Å². The molecule has 1 amide bonds. The quantitative estimate of drug-likeness (QED) is 0.711. The van der Waals surface area contributed by atoms with Crippen LogP contribution in [0.25, 0.3) is 11.0 Å². The van der Waals surface area contributed by atoms with Crippen molar-refractivity contribution in [3.8, 4) is 11.5 Å². The Morgan fingerprint density at radius 2 is 1.90 bits per heavy atom. The van der Waals surface area contributed by atoms with Gasteiger partial charge in [-0.2, -0.15) is 0 Å². The summed E-state index contributed by atoms with van der Waals surface area (Å²) in [6.07, 6.45) is 0.868. The van der Waals surface area contributed by atoms with E-state index in [0.29, 0.717) is 13.2 Å². The van der Waals surface area contributed by atoms with Gasteiger partial charge in [-0.1, -0.05) is 32.0 Å². The van der Waals surface area contributed by atoms with Crippen LogP contribution in [0.15, 0.2) is 42.5 Å². The minimum Gasteiger partial charge on any atom is -0.490 e. The van der Waals surface area contributed by atoms with Crippen molar-refractivity contribution in [2.75, 3.05) is 13.2 Å². The number of fused-ring (bicyclic) bond motifs is 2. The van der Waals surface area contributed by atoms with Crippen LogP contribution in [0.2, 0.25) is 0 Å². The molecule has 2 aromatic carbocycles. The molecule has 1 aliphatic rings. The maximum absolute atomic E-state index is 12.9. The summed E-state index contributed by atoms with van der Waals surface area (Å²) >= 11 is 0. The van der Waals surface area contributed by atoms with Crippen LogP contribution in [-0.4, -0.2) is 28.7 Å². The van der Waals surface area contributed by atoms with E-state index in [1.165, 1.54) is 0 Å². The van der Waals surface area contributed by atoms with Crippen LogP contribution < -0.4 is 14.8 Å². The minimum absolute atomic E-state index is 0.0398. The highest BCUT2D eigenvalue weighted by Crippen LogP contribution is 2.34. The Hall–Kier alpha value is -3.02. The van der Waals surface area contributed by atoms with Gasteiger partial charge in [-0.05, 0) is 42.7 Å². The lowest BCUT2D eigenvalue weighted by Gasteiger charge is -2.24. The number of hydrogen-bond donors (Lipinski definition) is 1. The smallest absolute Gasteiger partial charge is 0.240 e. The van der Waals surface area contributed by atoms with Gasteiger partial charge in [0.2, 0.25) is 5.91 Å². The van der Waals surface area contributed by atoms with E-state index in [-0.39, 0.29) is 24.4 Å². The third kappa shape index (κ3) is 4.06. The molecule has 29 heavy (non-hydrogen) atoms. The fourth-order valence-electron chi connectivity index (χ4n) is 3.77. The van der Waals surface area contributed by atoms with Crippen LogP contribution in [0.5, 0.6) is 11.5 Å². The zero-order chi connectivity index (χ0) is 20.4. The molecule has 0 spiro atoms. The lowest BCUT2D eigenvalue weighted by molar-refractivity contribution is -0.122. The molecule has 0 radical (unpaired) electrons. The molecule has 152 valence electrons. The van der Waals surface area contributed by atoms with Gasteiger partial charge in [-0.15, -0.1) is 0 Å². The lowest BCUT2D eigenvalue weighted by Crippen LogP contribution is -2.34. The zero-order valence-electron chi connectivity index (χ0n) is 17.1. The van der Waals surface area contributed by atoms with E-state index in [9.17, 15) is 4.79 Å². The molecular weight excluding hydrogens is 366 g/mol. The molecule has 0 aliphatic carbocycles. The highest BCUT2D eigenvalue weighted by molar-refractivity contribution is 5.81. The first kappa shape index (κ1) is 19.3. The highest BCUT2D eigenvalue weighted by atomic mass is 16.5. The summed E-state index contributed by atoms with van der Waals surface area (Å²) in [4.78, 5) is 17.5. The Kier molecular flexibility index (Phi) is 5.43. The van der Waals surface area contributed by atoms with E-state index in [2.05, 4.69) is 24.1 Å². The van der Waals surface area contributed by atoms with Crippen LogP contribution >= 0.6 is 0 Å². The second-order valence-electron chi connectivity index (χ2n) is 7.78. The Morgan fingerprint density at radius 3 is 2.69 bits per heavy atom. The summed E-state index contributed by atoms with van der Waals surface area (Å²) < 4.78 is 13.5. The van der Waals surface area contributed by atoms with Crippen LogP contribution in [0.1, 0.15) is 37.7 Å². The number of ether oxygens (including phenoxy) is 2. The molecular formula is C23H27N3O3. The van der Waals surface area contributed by atoms with Gasteiger partial charge in [0.15, 0.2) is 11.5 Å². The number of benzene rings is 2. The van der Waals surface area contributed by atoms with E-state index in [4.69, 9.17) is 9.47 Å². The summed E-state index contributed by atoms with van der Waals surface area (Å²) in [6, 6.07) is 13.7. The van der Waals surface area contributed by atoms with Gasteiger partial charge in [-0.3, -0.25) is 4.79 Å². The molecule has 3 aromatic rings. The van der Waals surface area contributed by atoms with Gasteiger partial charge in [0.1, 0.15) is 12.4 Å². The number of carbonyl (C=O) groups is 1. The first-order chi connectivity index (χ1) is 14.0. The van der Waals surface area contributed by atoms with E-state index in [0.717, 1.165) is 40.3 Å². The minimum atomic E-state index is -0.116. The topological polar surface area (TPSA) is 65.4 Å². The third-order valence-corrected chi connectivity index (χ3v) is 5.26. The maximum Gasteiger partial charge on any atom is 0.240 e. The van der Waals surface area contributed by atoms with E-state index >= 15 is 0 Å². The van der Waals surface area contributed by atoms with E-state index in [1.54, 1.807) is 0 Å². The van der Waals surface area contributed by atoms with Gasteiger partial charge in [-0.25, -0.2) is 4.98 Å². The van der Waals surface area contributed by atoms with Crippen LogP contribution in [0.3, 0.4) is 0 Å². The molecule has 1 atom stereocenters. The number of hydrogen-bond acceptors (Lipinski definition) is 4. The first-order valence-electron chi connectivity index (χ1n) is 10.1. The zero-order valence-corrected chi connectivity index (χ0v) is 17.1. The molecule has 1 aliphatic heterocycles. The number of aromatic nitrogens is 2. The third-order valence-electron chi connectivity index (χ3n) is 5.26. The van der Waals surface area contributed by atoms with E-state index < -0.39 is 0 Å². The van der Waals surface area contributed by atoms with Crippen molar-refractivity contribution in [3.05, 3.63) is 53.9 Å². The molecule has 6 heteroatoms. The number of aryl methyl sites for hydroxylation is 1. The second-order valence-corrected chi connectivity index (χ2v) is 7.78. The molecule has 6 nitrogen and oxygen atoms in total. The van der Waals surface area contributed by atoms with Crippen molar-refractivity contribution in [3.63, 3.8) is 0 Å². The molecule has 4 rings (SSSR count). The summed E-state index contributed by atoms with van der Waals surface area (Å²) in [7, 11) is 0. The molecule has 0 fully saturated rings.